The van der Waals surface area contributed by atoms with Gasteiger partial charge >= 0.3 is 0 Å². The van der Waals surface area contributed by atoms with E-state index in [0.29, 0.717) is 22.8 Å². The standard InChI is InChI=1S/C16H14ClN3O2/c17-10-6-7-19-13(9-10)16(22)20-8-2-4-11-12(15(18)21)3-1-5-14(11)20/h1,3,5-7,9H,2,4,8H2,(H2,18,21). The number of anilines is 1. The lowest BCUT2D eigenvalue weighted by Gasteiger charge is -2.30. The second-order valence-corrected chi connectivity index (χ2v) is 5.52. The number of amides is 2. The molecule has 22 heavy (non-hydrogen) atoms. The van der Waals surface area contributed by atoms with E-state index in [-0.39, 0.29) is 11.6 Å². The first-order valence-corrected chi connectivity index (χ1v) is 7.31. The topological polar surface area (TPSA) is 76.3 Å². The number of rotatable bonds is 2. The SMILES string of the molecule is NC(=O)c1cccc2c1CCCN2C(=O)c1cc(Cl)ccn1. The highest BCUT2D eigenvalue weighted by Gasteiger charge is 2.26. The van der Waals surface area contributed by atoms with Crippen LogP contribution >= 0.6 is 11.6 Å². The molecule has 0 radical (unpaired) electrons. The van der Waals surface area contributed by atoms with E-state index in [9.17, 15) is 9.59 Å². The minimum absolute atomic E-state index is 0.231. The maximum absolute atomic E-state index is 12.7. The molecule has 5 nitrogen and oxygen atoms in total. The van der Waals surface area contributed by atoms with Crippen molar-refractivity contribution in [3.05, 3.63) is 58.4 Å². The molecule has 2 amide bonds. The maximum Gasteiger partial charge on any atom is 0.276 e. The van der Waals surface area contributed by atoms with Crippen LogP contribution in [0.4, 0.5) is 5.69 Å². The molecule has 0 unspecified atom stereocenters. The molecule has 1 aromatic carbocycles. The van der Waals surface area contributed by atoms with Crippen molar-refractivity contribution in [2.24, 2.45) is 5.73 Å². The van der Waals surface area contributed by atoms with Crippen molar-refractivity contribution in [2.45, 2.75) is 12.8 Å². The average Bonchev–Trinajstić information content (AvgIpc) is 2.53. The van der Waals surface area contributed by atoms with Gasteiger partial charge in [0.05, 0.1) is 0 Å². The lowest BCUT2D eigenvalue weighted by molar-refractivity contribution is 0.0973. The molecule has 2 N–H and O–H groups in total. The predicted molar refractivity (Wildman–Crippen MR) is 84.2 cm³/mol. The van der Waals surface area contributed by atoms with Gasteiger partial charge in [0.25, 0.3) is 5.91 Å². The Hall–Kier alpha value is -2.40. The summed E-state index contributed by atoms with van der Waals surface area (Å²) in [6, 6.07) is 8.40. The van der Waals surface area contributed by atoms with Gasteiger partial charge in [0.2, 0.25) is 5.91 Å². The largest absolute Gasteiger partial charge is 0.366 e. The second-order valence-electron chi connectivity index (χ2n) is 5.09. The molecular formula is C16H14ClN3O2. The summed E-state index contributed by atoms with van der Waals surface area (Å²) in [6.07, 6.45) is 2.99. The van der Waals surface area contributed by atoms with Crippen LogP contribution in [0.1, 0.15) is 32.8 Å². The number of carbonyl (C=O) groups is 2. The highest BCUT2D eigenvalue weighted by Crippen LogP contribution is 2.30. The number of nitrogens with two attached hydrogens (primary N) is 1. The van der Waals surface area contributed by atoms with Crippen molar-refractivity contribution in [3.63, 3.8) is 0 Å². The number of pyridine rings is 1. The summed E-state index contributed by atoms with van der Waals surface area (Å²) in [6.45, 7) is 0.572. The zero-order valence-corrected chi connectivity index (χ0v) is 12.5. The van der Waals surface area contributed by atoms with Gasteiger partial charge in [-0.2, -0.15) is 0 Å². The first-order valence-electron chi connectivity index (χ1n) is 6.93. The molecule has 3 rings (SSSR count). The Kier molecular flexibility index (Phi) is 3.81. The summed E-state index contributed by atoms with van der Waals surface area (Å²) >= 11 is 5.92. The number of halogens is 1. The van der Waals surface area contributed by atoms with Crippen LogP contribution in [-0.4, -0.2) is 23.3 Å². The van der Waals surface area contributed by atoms with Crippen molar-refractivity contribution in [1.29, 1.82) is 0 Å². The molecule has 112 valence electrons. The zero-order chi connectivity index (χ0) is 15.7. The Morgan fingerprint density at radius 2 is 2.09 bits per heavy atom. The fraction of sp³-hybridized carbons (Fsp3) is 0.188. The van der Waals surface area contributed by atoms with Crippen molar-refractivity contribution in [2.75, 3.05) is 11.4 Å². The molecule has 0 fully saturated rings. The quantitative estimate of drug-likeness (QED) is 0.924. The lowest BCUT2D eigenvalue weighted by atomic mass is 9.95. The van der Waals surface area contributed by atoms with Gasteiger partial charge in [0, 0.05) is 29.0 Å². The van der Waals surface area contributed by atoms with Crippen LogP contribution < -0.4 is 10.6 Å². The zero-order valence-electron chi connectivity index (χ0n) is 11.8. The Morgan fingerprint density at radius 3 is 2.82 bits per heavy atom. The predicted octanol–water partition coefficient (Wildman–Crippen LogP) is 2.43. The molecular weight excluding hydrogens is 302 g/mol. The van der Waals surface area contributed by atoms with Crippen LogP contribution in [0.5, 0.6) is 0 Å². The third-order valence-corrected chi connectivity index (χ3v) is 3.94. The van der Waals surface area contributed by atoms with Gasteiger partial charge in [0.1, 0.15) is 5.69 Å². The molecule has 0 saturated carbocycles. The number of fused-ring (bicyclic) bond motifs is 1. The van der Waals surface area contributed by atoms with Crippen LogP contribution in [0.25, 0.3) is 0 Å². The smallest absolute Gasteiger partial charge is 0.276 e. The molecule has 0 spiro atoms. The van der Waals surface area contributed by atoms with Crippen LogP contribution in [0.2, 0.25) is 5.02 Å². The molecule has 0 atom stereocenters. The summed E-state index contributed by atoms with van der Waals surface area (Å²) in [5.41, 5.74) is 7.70. The monoisotopic (exact) mass is 315 g/mol. The van der Waals surface area contributed by atoms with Gasteiger partial charge < -0.3 is 10.6 Å². The van der Waals surface area contributed by atoms with E-state index in [4.69, 9.17) is 17.3 Å². The fourth-order valence-electron chi connectivity index (χ4n) is 2.73. The van der Waals surface area contributed by atoms with Crippen LogP contribution in [-0.2, 0) is 6.42 Å². The number of nitrogens with zero attached hydrogens (tertiary/aromatic N) is 2. The Labute approximate surface area is 132 Å². The summed E-state index contributed by atoms with van der Waals surface area (Å²) < 4.78 is 0. The normalized spacial score (nSPS) is 13.6. The van der Waals surface area contributed by atoms with Gasteiger partial charge in [-0.25, -0.2) is 0 Å². The van der Waals surface area contributed by atoms with Crippen LogP contribution in [0, 0.1) is 0 Å². The van der Waals surface area contributed by atoms with Crippen LogP contribution in [0.3, 0.4) is 0 Å². The van der Waals surface area contributed by atoms with E-state index in [1.807, 2.05) is 6.07 Å². The van der Waals surface area contributed by atoms with Crippen molar-refractivity contribution in [1.82, 2.24) is 4.98 Å². The van der Waals surface area contributed by atoms with E-state index in [0.717, 1.165) is 18.4 Å². The van der Waals surface area contributed by atoms with Gasteiger partial charge in [-0.1, -0.05) is 17.7 Å². The summed E-state index contributed by atoms with van der Waals surface area (Å²) in [5, 5.41) is 0.460. The van der Waals surface area contributed by atoms with E-state index in [1.54, 1.807) is 23.1 Å². The van der Waals surface area contributed by atoms with Gasteiger partial charge in [-0.05, 0) is 42.7 Å². The maximum atomic E-state index is 12.7. The lowest BCUT2D eigenvalue weighted by Crippen LogP contribution is -2.36. The molecule has 0 saturated heterocycles. The summed E-state index contributed by atoms with van der Waals surface area (Å²) in [4.78, 5) is 29.9. The van der Waals surface area contributed by atoms with E-state index >= 15 is 0 Å². The molecule has 0 aliphatic carbocycles. The highest BCUT2D eigenvalue weighted by molar-refractivity contribution is 6.31. The minimum atomic E-state index is -0.480. The number of benzene rings is 1. The number of primary amides is 1. The van der Waals surface area contributed by atoms with E-state index < -0.39 is 5.91 Å². The third-order valence-electron chi connectivity index (χ3n) is 3.70. The molecule has 2 aromatic rings. The Balaban J connectivity index is 2.03. The van der Waals surface area contributed by atoms with Crippen molar-refractivity contribution in [3.8, 4) is 0 Å². The summed E-state index contributed by atoms with van der Waals surface area (Å²) in [7, 11) is 0. The van der Waals surface area contributed by atoms with Crippen molar-refractivity contribution >= 4 is 29.1 Å². The summed E-state index contributed by atoms with van der Waals surface area (Å²) in [5.74, 6) is -0.711. The number of aromatic nitrogens is 1. The molecule has 2 heterocycles. The van der Waals surface area contributed by atoms with Gasteiger partial charge in [-0.15, -0.1) is 0 Å². The number of carbonyl (C=O) groups excluding carboxylic acids is 2. The van der Waals surface area contributed by atoms with E-state index in [2.05, 4.69) is 4.98 Å². The molecule has 6 heteroatoms. The highest BCUT2D eigenvalue weighted by atomic mass is 35.5. The third kappa shape index (κ3) is 2.55. The first-order chi connectivity index (χ1) is 10.6. The number of hydrogen-bond acceptors (Lipinski definition) is 3. The van der Waals surface area contributed by atoms with E-state index in [1.165, 1.54) is 12.3 Å². The average molecular weight is 316 g/mol. The Morgan fingerprint density at radius 1 is 1.27 bits per heavy atom. The molecule has 1 aliphatic heterocycles. The minimum Gasteiger partial charge on any atom is -0.366 e. The van der Waals surface area contributed by atoms with Gasteiger partial charge in [0.15, 0.2) is 0 Å². The fourth-order valence-corrected chi connectivity index (χ4v) is 2.89. The Bertz CT molecular complexity index is 761. The van der Waals surface area contributed by atoms with Crippen LogP contribution in [0.15, 0.2) is 36.5 Å². The molecule has 0 bridgehead atoms. The van der Waals surface area contributed by atoms with Crippen molar-refractivity contribution < 1.29 is 9.59 Å². The second kappa shape index (κ2) is 5.77. The van der Waals surface area contributed by atoms with Gasteiger partial charge in [-0.3, -0.25) is 14.6 Å². The molecule has 1 aromatic heterocycles. The first kappa shape index (κ1) is 14.5. The number of hydrogen-bond donors (Lipinski definition) is 1. The molecule has 1 aliphatic rings.